The summed E-state index contributed by atoms with van der Waals surface area (Å²) in [5.74, 6) is 1.80. The number of fused-ring (bicyclic) bond motifs is 1. The largest absolute Gasteiger partial charge is 0.488 e. The molecule has 0 aliphatic carbocycles. The predicted molar refractivity (Wildman–Crippen MR) is 159 cm³/mol. The first kappa shape index (κ1) is 26.2. The van der Waals surface area contributed by atoms with Gasteiger partial charge in [-0.3, -0.25) is 0 Å². The Balaban J connectivity index is 1.39. The van der Waals surface area contributed by atoms with E-state index in [9.17, 15) is 0 Å². The molecule has 202 valence electrons. The summed E-state index contributed by atoms with van der Waals surface area (Å²) >= 11 is 6.80. The van der Waals surface area contributed by atoms with E-state index in [0.29, 0.717) is 35.5 Å². The minimum absolute atomic E-state index is 0.391. The van der Waals surface area contributed by atoms with Crippen molar-refractivity contribution < 1.29 is 14.0 Å². The molecule has 1 aromatic heterocycles. The molecule has 0 bridgehead atoms. The standard InChI is InChI=1S/C34H31ClN2O3/c1-23-33(27-13-14-28-20-37(2)16-15-26(28)17-27)34(40-36-23)29-18-30(35)32(39-22-25-11-7-4-8-12-25)19-31(29)38-21-24-9-5-3-6-10-24/h3-14,17-19H,15-16,20-22H2,1-2H3. The Morgan fingerprint density at radius 3 is 2.20 bits per heavy atom. The highest BCUT2D eigenvalue weighted by atomic mass is 35.5. The van der Waals surface area contributed by atoms with E-state index in [1.165, 1.54) is 11.1 Å². The van der Waals surface area contributed by atoms with Crippen LogP contribution in [0.5, 0.6) is 11.5 Å². The van der Waals surface area contributed by atoms with E-state index in [0.717, 1.165) is 53.0 Å². The maximum absolute atomic E-state index is 6.80. The van der Waals surface area contributed by atoms with Crippen LogP contribution in [0.15, 0.2) is 95.5 Å². The number of aryl methyl sites for hydroxylation is 1. The first-order chi connectivity index (χ1) is 19.5. The quantitative estimate of drug-likeness (QED) is 0.195. The van der Waals surface area contributed by atoms with Crippen molar-refractivity contribution >= 4 is 11.6 Å². The molecule has 1 aliphatic rings. The van der Waals surface area contributed by atoms with Crippen LogP contribution in [0.25, 0.3) is 22.5 Å². The van der Waals surface area contributed by atoms with Gasteiger partial charge < -0.3 is 18.9 Å². The molecule has 0 spiro atoms. The third kappa shape index (κ3) is 5.62. The van der Waals surface area contributed by atoms with Crippen molar-refractivity contribution in [2.24, 2.45) is 0 Å². The molecule has 4 aromatic carbocycles. The summed E-state index contributed by atoms with van der Waals surface area (Å²) in [7, 11) is 2.16. The summed E-state index contributed by atoms with van der Waals surface area (Å²) in [6.07, 6.45) is 1.02. The molecule has 5 aromatic rings. The second kappa shape index (κ2) is 11.6. The third-order valence-corrected chi connectivity index (χ3v) is 7.61. The van der Waals surface area contributed by atoms with E-state index in [1.807, 2.05) is 79.7 Å². The molecule has 0 saturated heterocycles. The van der Waals surface area contributed by atoms with Crippen LogP contribution in [0.2, 0.25) is 5.02 Å². The molecule has 5 nitrogen and oxygen atoms in total. The Labute approximate surface area is 239 Å². The van der Waals surface area contributed by atoms with Gasteiger partial charge in [-0.1, -0.05) is 95.6 Å². The number of benzene rings is 4. The number of halogens is 1. The summed E-state index contributed by atoms with van der Waals surface area (Å²) in [6, 6.07) is 30.4. The molecule has 6 rings (SSSR count). The van der Waals surface area contributed by atoms with Crippen LogP contribution in [0, 0.1) is 6.92 Å². The Hall–Kier alpha value is -4.06. The molecule has 2 heterocycles. The number of aromatic nitrogens is 1. The predicted octanol–water partition coefficient (Wildman–Crippen LogP) is 8.12. The van der Waals surface area contributed by atoms with Gasteiger partial charge in [0, 0.05) is 19.2 Å². The second-order valence-electron chi connectivity index (χ2n) is 10.3. The van der Waals surface area contributed by atoms with Gasteiger partial charge in [0.15, 0.2) is 5.76 Å². The lowest BCUT2D eigenvalue weighted by Gasteiger charge is -2.25. The van der Waals surface area contributed by atoms with E-state index >= 15 is 0 Å². The van der Waals surface area contributed by atoms with Gasteiger partial charge in [0.1, 0.15) is 24.7 Å². The van der Waals surface area contributed by atoms with Crippen LogP contribution < -0.4 is 9.47 Å². The molecule has 0 saturated carbocycles. The Kier molecular flexibility index (Phi) is 7.58. The van der Waals surface area contributed by atoms with E-state index in [2.05, 4.69) is 35.3 Å². The molecule has 0 fully saturated rings. The van der Waals surface area contributed by atoms with Gasteiger partial charge >= 0.3 is 0 Å². The normalized spacial score (nSPS) is 13.2. The highest BCUT2D eigenvalue weighted by molar-refractivity contribution is 6.32. The topological polar surface area (TPSA) is 47.7 Å². The lowest BCUT2D eigenvalue weighted by atomic mass is 9.93. The Morgan fingerprint density at radius 1 is 0.825 bits per heavy atom. The van der Waals surface area contributed by atoms with E-state index in [1.54, 1.807) is 0 Å². The van der Waals surface area contributed by atoms with Crippen LogP contribution in [-0.2, 0) is 26.2 Å². The minimum Gasteiger partial charge on any atom is -0.488 e. The summed E-state index contributed by atoms with van der Waals surface area (Å²) in [4.78, 5) is 2.35. The van der Waals surface area contributed by atoms with Crippen LogP contribution in [0.1, 0.15) is 27.9 Å². The van der Waals surface area contributed by atoms with Gasteiger partial charge in [0.05, 0.1) is 21.8 Å². The van der Waals surface area contributed by atoms with Gasteiger partial charge in [-0.2, -0.15) is 0 Å². The van der Waals surface area contributed by atoms with Crippen LogP contribution in [-0.4, -0.2) is 23.6 Å². The van der Waals surface area contributed by atoms with Crippen molar-refractivity contribution in [1.82, 2.24) is 10.1 Å². The number of hydrogen-bond acceptors (Lipinski definition) is 5. The molecule has 0 radical (unpaired) electrons. The fraction of sp³-hybridized carbons (Fsp3) is 0.206. The SMILES string of the molecule is Cc1noc(-c2cc(Cl)c(OCc3ccccc3)cc2OCc2ccccc2)c1-c1ccc2c(c1)CCN(C)C2. The second-order valence-corrected chi connectivity index (χ2v) is 10.7. The van der Waals surface area contributed by atoms with Crippen LogP contribution in [0.4, 0.5) is 0 Å². The van der Waals surface area contributed by atoms with Gasteiger partial charge in [-0.25, -0.2) is 0 Å². The van der Waals surface area contributed by atoms with Crippen molar-refractivity contribution in [3.8, 4) is 33.9 Å². The lowest BCUT2D eigenvalue weighted by Crippen LogP contribution is -2.26. The lowest BCUT2D eigenvalue weighted by molar-refractivity contribution is 0.290. The number of likely N-dealkylation sites (N-methyl/N-ethyl adjacent to an activating group) is 1. The van der Waals surface area contributed by atoms with E-state index < -0.39 is 0 Å². The number of nitrogens with zero attached hydrogens (tertiary/aromatic N) is 2. The molecular weight excluding hydrogens is 520 g/mol. The zero-order valence-electron chi connectivity index (χ0n) is 22.7. The van der Waals surface area contributed by atoms with Crippen LogP contribution >= 0.6 is 11.6 Å². The minimum atomic E-state index is 0.391. The average molecular weight is 551 g/mol. The molecule has 6 heteroatoms. The smallest absolute Gasteiger partial charge is 0.178 e. The Bertz CT molecular complexity index is 1620. The van der Waals surface area contributed by atoms with Crippen molar-refractivity contribution in [2.45, 2.75) is 33.1 Å². The molecule has 0 amide bonds. The molecule has 1 aliphatic heterocycles. The first-order valence-corrected chi connectivity index (χ1v) is 13.9. The third-order valence-electron chi connectivity index (χ3n) is 7.31. The molecule has 0 atom stereocenters. The number of ether oxygens (including phenoxy) is 2. The maximum atomic E-state index is 6.80. The zero-order valence-corrected chi connectivity index (χ0v) is 23.4. The Morgan fingerprint density at radius 2 is 1.50 bits per heavy atom. The van der Waals surface area contributed by atoms with E-state index in [4.69, 9.17) is 25.6 Å². The van der Waals surface area contributed by atoms with Crippen molar-refractivity contribution in [3.05, 3.63) is 124 Å². The van der Waals surface area contributed by atoms with Crippen LogP contribution in [0.3, 0.4) is 0 Å². The zero-order chi connectivity index (χ0) is 27.5. The van der Waals surface area contributed by atoms with Gasteiger partial charge in [0.25, 0.3) is 0 Å². The molecule has 0 N–H and O–H groups in total. The van der Waals surface area contributed by atoms with Crippen molar-refractivity contribution in [1.29, 1.82) is 0 Å². The molecular formula is C34H31ClN2O3. The fourth-order valence-corrected chi connectivity index (χ4v) is 5.37. The fourth-order valence-electron chi connectivity index (χ4n) is 5.16. The van der Waals surface area contributed by atoms with E-state index in [-0.39, 0.29) is 0 Å². The highest BCUT2D eigenvalue weighted by Gasteiger charge is 2.24. The number of hydrogen-bond donors (Lipinski definition) is 0. The maximum Gasteiger partial charge on any atom is 0.178 e. The van der Waals surface area contributed by atoms with Gasteiger partial charge in [-0.05, 0) is 54.3 Å². The average Bonchev–Trinajstić information content (AvgIpc) is 3.37. The van der Waals surface area contributed by atoms with Crippen molar-refractivity contribution in [3.63, 3.8) is 0 Å². The first-order valence-electron chi connectivity index (χ1n) is 13.5. The molecule has 40 heavy (non-hydrogen) atoms. The summed E-state index contributed by atoms with van der Waals surface area (Å²) in [5, 5.41) is 4.85. The summed E-state index contributed by atoms with van der Waals surface area (Å²) < 4.78 is 18.5. The molecule has 0 unspecified atom stereocenters. The number of rotatable bonds is 8. The summed E-state index contributed by atoms with van der Waals surface area (Å²) in [6.45, 7) is 4.77. The summed E-state index contributed by atoms with van der Waals surface area (Å²) in [5.41, 5.74) is 8.42. The van der Waals surface area contributed by atoms with Gasteiger partial charge in [-0.15, -0.1) is 0 Å². The van der Waals surface area contributed by atoms with Crippen molar-refractivity contribution in [2.75, 3.05) is 13.6 Å². The monoisotopic (exact) mass is 550 g/mol. The highest BCUT2D eigenvalue weighted by Crippen LogP contribution is 2.44. The van der Waals surface area contributed by atoms with Gasteiger partial charge in [0.2, 0.25) is 0 Å².